The number of aryl methyl sites for hydroxylation is 2. The smallest absolute Gasteiger partial charge is 0.352 e. The Labute approximate surface area is 133 Å². The van der Waals surface area contributed by atoms with Crippen LogP contribution in [0.2, 0.25) is 0 Å². The van der Waals surface area contributed by atoms with Gasteiger partial charge in [-0.2, -0.15) is 0 Å². The summed E-state index contributed by atoms with van der Waals surface area (Å²) in [4.78, 5) is 35.0. The number of rotatable bonds is 4. The van der Waals surface area contributed by atoms with Gasteiger partial charge in [-0.1, -0.05) is 35.4 Å². The second-order valence-electron chi connectivity index (χ2n) is 5.07. The summed E-state index contributed by atoms with van der Waals surface area (Å²) in [5.74, 6) is -2.35. The van der Waals surface area contributed by atoms with E-state index in [2.05, 4.69) is 4.74 Å². The van der Waals surface area contributed by atoms with Crippen LogP contribution in [0.25, 0.3) is 0 Å². The van der Waals surface area contributed by atoms with Crippen LogP contribution < -0.4 is 0 Å². The summed E-state index contributed by atoms with van der Waals surface area (Å²) >= 11 is 0. The molecular weight excluding hydrogens is 296 g/mol. The highest BCUT2D eigenvalue weighted by Gasteiger charge is 2.15. The van der Waals surface area contributed by atoms with E-state index in [0.717, 1.165) is 11.1 Å². The molecular formula is C18H16O5. The summed E-state index contributed by atoms with van der Waals surface area (Å²) in [6.45, 7) is 3.15. The largest absolute Gasteiger partial charge is 0.450 e. The van der Waals surface area contributed by atoms with Crippen LogP contribution in [0, 0.1) is 13.8 Å². The molecule has 5 nitrogen and oxygen atoms in total. The molecule has 0 radical (unpaired) electrons. The van der Waals surface area contributed by atoms with Crippen molar-refractivity contribution >= 4 is 17.9 Å². The lowest BCUT2D eigenvalue weighted by Gasteiger charge is -2.05. The van der Waals surface area contributed by atoms with Crippen LogP contribution in [0.15, 0.2) is 48.5 Å². The first-order valence-corrected chi connectivity index (χ1v) is 7.01. The van der Waals surface area contributed by atoms with Crippen molar-refractivity contribution in [3.8, 4) is 0 Å². The molecule has 0 aromatic heterocycles. The maximum absolute atomic E-state index is 11.7. The average Bonchev–Trinajstić information content (AvgIpc) is 2.54. The minimum atomic E-state index is -0.920. The molecule has 0 saturated carbocycles. The molecule has 0 aliphatic carbocycles. The van der Waals surface area contributed by atoms with Crippen molar-refractivity contribution in [2.45, 2.75) is 13.8 Å². The van der Waals surface area contributed by atoms with Crippen molar-refractivity contribution in [3.05, 3.63) is 70.8 Å². The van der Waals surface area contributed by atoms with E-state index in [-0.39, 0.29) is 5.56 Å². The fourth-order valence-electron chi connectivity index (χ4n) is 1.78. The van der Waals surface area contributed by atoms with Gasteiger partial charge in [-0.15, -0.1) is 0 Å². The van der Waals surface area contributed by atoms with Crippen molar-refractivity contribution in [1.29, 1.82) is 0 Å². The van der Waals surface area contributed by atoms with E-state index in [9.17, 15) is 14.4 Å². The molecule has 0 amide bonds. The number of hydrogen-bond acceptors (Lipinski definition) is 5. The van der Waals surface area contributed by atoms with Crippen LogP contribution >= 0.6 is 0 Å². The van der Waals surface area contributed by atoms with E-state index in [4.69, 9.17) is 4.74 Å². The van der Waals surface area contributed by atoms with E-state index in [1.54, 1.807) is 48.5 Å². The highest BCUT2D eigenvalue weighted by molar-refractivity contribution is 5.98. The molecule has 0 aliphatic heterocycles. The first-order valence-electron chi connectivity index (χ1n) is 7.01. The van der Waals surface area contributed by atoms with Crippen molar-refractivity contribution in [2.24, 2.45) is 0 Å². The summed E-state index contributed by atoms with van der Waals surface area (Å²) in [5.41, 5.74) is 2.58. The fraction of sp³-hybridized carbons (Fsp3) is 0.167. The lowest BCUT2D eigenvalue weighted by Crippen LogP contribution is -2.20. The van der Waals surface area contributed by atoms with Crippen LogP contribution in [-0.2, 0) is 14.3 Å². The first-order chi connectivity index (χ1) is 11.0. The third kappa shape index (κ3) is 4.78. The van der Waals surface area contributed by atoms with Gasteiger partial charge in [0.15, 0.2) is 6.61 Å². The van der Waals surface area contributed by atoms with E-state index >= 15 is 0 Å². The molecule has 0 N–H and O–H groups in total. The molecule has 2 aromatic carbocycles. The molecule has 0 bridgehead atoms. The Morgan fingerprint density at radius 2 is 1.17 bits per heavy atom. The zero-order valence-electron chi connectivity index (χ0n) is 12.9. The van der Waals surface area contributed by atoms with E-state index in [1.165, 1.54) is 0 Å². The third-order valence-electron chi connectivity index (χ3n) is 3.10. The van der Waals surface area contributed by atoms with Gasteiger partial charge in [-0.05, 0) is 38.1 Å². The molecule has 5 heteroatoms. The monoisotopic (exact) mass is 312 g/mol. The molecule has 0 fully saturated rings. The lowest BCUT2D eigenvalue weighted by atomic mass is 10.1. The van der Waals surface area contributed by atoms with Gasteiger partial charge in [-0.25, -0.2) is 14.4 Å². The van der Waals surface area contributed by atoms with Crippen LogP contribution in [-0.4, -0.2) is 24.5 Å². The van der Waals surface area contributed by atoms with Crippen LogP contribution in [0.4, 0.5) is 0 Å². The van der Waals surface area contributed by atoms with Crippen molar-refractivity contribution in [3.63, 3.8) is 0 Å². The number of esters is 3. The Kier molecular flexibility index (Phi) is 5.25. The number of carbonyl (C=O) groups is 3. The van der Waals surface area contributed by atoms with Gasteiger partial charge in [0.25, 0.3) is 0 Å². The minimum Gasteiger partial charge on any atom is -0.450 e. The Bertz CT molecular complexity index is 714. The van der Waals surface area contributed by atoms with E-state index in [0.29, 0.717) is 5.56 Å². The second-order valence-corrected chi connectivity index (χ2v) is 5.07. The third-order valence-corrected chi connectivity index (χ3v) is 3.10. The van der Waals surface area contributed by atoms with Gasteiger partial charge in [-0.3, -0.25) is 0 Å². The quantitative estimate of drug-likeness (QED) is 0.641. The van der Waals surface area contributed by atoms with E-state index in [1.807, 2.05) is 13.8 Å². The molecule has 0 spiro atoms. The van der Waals surface area contributed by atoms with Crippen LogP contribution in [0.1, 0.15) is 31.8 Å². The van der Waals surface area contributed by atoms with Gasteiger partial charge < -0.3 is 9.47 Å². The highest BCUT2D eigenvalue weighted by atomic mass is 16.6. The summed E-state index contributed by atoms with van der Waals surface area (Å²) in [7, 11) is 0. The van der Waals surface area contributed by atoms with Gasteiger partial charge in [0, 0.05) is 0 Å². The normalized spacial score (nSPS) is 10.0. The van der Waals surface area contributed by atoms with Crippen LogP contribution in [0.5, 0.6) is 0 Å². The van der Waals surface area contributed by atoms with Gasteiger partial charge in [0.2, 0.25) is 0 Å². The molecule has 118 valence electrons. The Balaban J connectivity index is 1.85. The molecule has 0 saturated heterocycles. The molecule has 2 aromatic rings. The van der Waals surface area contributed by atoms with Crippen molar-refractivity contribution in [2.75, 3.05) is 6.61 Å². The molecule has 23 heavy (non-hydrogen) atoms. The van der Waals surface area contributed by atoms with Crippen LogP contribution in [0.3, 0.4) is 0 Å². The standard InChI is InChI=1S/C18H16O5/c1-12-3-7-14(8-4-12)17(20)22-11-16(19)23-18(21)15-9-5-13(2)6-10-15/h3-10H,11H2,1-2H3. The Morgan fingerprint density at radius 1 is 0.739 bits per heavy atom. The molecule has 0 heterocycles. The van der Waals surface area contributed by atoms with Crippen molar-refractivity contribution in [1.82, 2.24) is 0 Å². The average molecular weight is 312 g/mol. The summed E-state index contributed by atoms with van der Waals surface area (Å²) < 4.78 is 9.45. The van der Waals surface area contributed by atoms with Gasteiger partial charge in [0.1, 0.15) is 0 Å². The van der Waals surface area contributed by atoms with Gasteiger partial charge in [0.05, 0.1) is 11.1 Å². The summed E-state index contributed by atoms with van der Waals surface area (Å²) in [6, 6.07) is 13.3. The maximum Gasteiger partial charge on any atom is 0.352 e. The van der Waals surface area contributed by atoms with E-state index < -0.39 is 24.5 Å². The number of hydrogen-bond donors (Lipinski definition) is 0. The minimum absolute atomic E-state index is 0.258. The second kappa shape index (κ2) is 7.35. The number of carbonyl (C=O) groups excluding carboxylic acids is 3. The number of ether oxygens (including phenoxy) is 2. The predicted molar refractivity (Wildman–Crippen MR) is 83.1 cm³/mol. The summed E-state index contributed by atoms with van der Waals surface area (Å²) in [5, 5.41) is 0. The predicted octanol–water partition coefficient (Wildman–Crippen LogP) is 2.84. The fourth-order valence-corrected chi connectivity index (χ4v) is 1.78. The zero-order valence-corrected chi connectivity index (χ0v) is 12.9. The Morgan fingerprint density at radius 3 is 1.65 bits per heavy atom. The first kappa shape index (κ1) is 16.4. The molecule has 0 unspecified atom stereocenters. The van der Waals surface area contributed by atoms with Crippen molar-refractivity contribution < 1.29 is 23.9 Å². The zero-order chi connectivity index (χ0) is 16.8. The SMILES string of the molecule is Cc1ccc(C(=O)OCC(=O)OC(=O)c2ccc(C)cc2)cc1. The lowest BCUT2D eigenvalue weighted by molar-refractivity contribution is -0.141. The highest BCUT2D eigenvalue weighted by Crippen LogP contribution is 2.07. The number of benzene rings is 2. The Hall–Kier alpha value is -2.95. The molecule has 0 atom stereocenters. The van der Waals surface area contributed by atoms with Gasteiger partial charge >= 0.3 is 17.9 Å². The topological polar surface area (TPSA) is 69.7 Å². The summed E-state index contributed by atoms with van der Waals surface area (Å²) in [6.07, 6.45) is 0. The molecule has 2 rings (SSSR count). The maximum atomic E-state index is 11.7. The molecule has 0 aliphatic rings.